The van der Waals surface area contributed by atoms with Crippen LogP contribution in [-0.2, 0) is 16.1 Å². The molecule has 2 aromatic rings. The molecule has 1 aliphatic rings. The summed E-state index contributed by atoms with van der Waals surface area (Å²) in [5, 5.41) is 0. The first-order valence-corrected chi connectivity index (χ1v) is 7.44. The third-order valence-corrected chi connectivity index (χ3v) is 4.57. The van der Waals surface area contributed by atoms with Crippen molar-refractivity contribution in [2.24, 2.45) is 0 Å². The van der Waals surface area contributed by atoms with Crippen LogP contribution in [-0.4, -0.2) is 17.9 Å². The van der Waals surface area contributed by atoms with Gasteiger partial charge >= 0.3 is 5.97 Å². The minimum absolute atomic E-state index is 0.168. The van der Waals surface area contributed by atoms with E-state index in [-0.39, 0.29) is 5.78 Å². The molecule has 4 nitrogen and oxygen atoms in total. The zero-order valence-electron chi connectivity index (χ0n) is 11.7. The summed E-state index contributed by atoms with van der Waals surface area (Å²) >= 11 is 1.37. The molecule has 1 aromatic carbocycles. The Balaban J connectivity index is 1.90. The lowest BCUT2D eigenvalue weighted by atomic mass is 10.1. The van der Waals surface area contributed by atoms with Crippen LogP contribution >= 0.6 is 11.3 Å². The van der Waals surface area contributed by atoms with Crippen molar-refractivity contribution >= 4 is 23.1 Å². The lowest BCUT2D eigenvalue weighted by molar-refractivity contribution is -0.124. The van der Waals surface area contributed by atoms with Gasteiger partial charge in [-0.25, -0.2) is 4.79 Å². The quantitative estimate of drug-likeness (QED) is 0.815. The summed E-state index contributed by atoms with van der Waals surface area (Å²) in [5.74, 6) is 0.191. The molecule has 0 N–H and O–H groups in total. The van der Waals surface area contributed by atoms with Gasteiger partial charge in [-0.05, 0) is 32.0 Å². The van der Waals surface area contributed by atoms with Crippen molar-refractivity contribution in [3.63, 3.8) is 0 Å². The van der Waals surface area contributed by atoms with E-state index in [0.717, 1.165) is 21.8 Å². The first kappa shape index (κ1) is 13.8. The van der Waals surface area contributed by atoms with E-state index in [1.807, 2.05) is 24.3 Å². The molecule has 3 rings (SSSR count). The van der Waals surface area contributed by atoms with Crippen LogP contribution in [0.2, 0.25) is 0 Å². The number of benzene rings is 1. The first-order chi connectivity index (χ1) is 10.1. The number of hydrogen-bond donors (Lipinski definition) is 0. The molecule has 0 bridgehead atoms. The second-order valence-corrected chi connectivity index (χ2v) is 5.96. The third-order valence-electron chi connectivity index (χ3n) is 3.38. The molecule has 0 amide bonds. The summed E-state index contributed by atoms with van der Waals surface area (Å²) < 4.78 is 10.8. The number of ether oxygens (including phenoxy) is 2. The minimum Gasteiger partial charge on any atom is -0.488 e. The molecule has 0 unspecified atom stereocenters. The molecule has 0 saturated heterocycles. The van der Waals surface area contributed by atoms with Crippen LogP contribution in [0.1, 0.15) is 29.1 Å². The molecule has 1 atom stereocenters. The lowest BCUT2D eigenvalue weighted by Gasteiger charge is -2.16. The third kappa shape index (κ3) is 2.56. The molecule has 0 radical (unpaired) electrons. The van der Waals surface area contributed by atoms with Gasteiger partial charge in [0.15, 0.2) is 11.9 Å². The predicted octanol–water partition coefficient (Wildman–Crippen LogP) is 3.44. The van der Waals surface area contributed by atoms with Crippen molar-refractivity contribution in [1.82, 2.24) is 0 Å². The highest BCUT2D eigenvalue weighted by atomic mass is 32.1. The van der Waals surface area contributed by atoms with E-state index in [0.29, 0.717) is 11.5 Å². The minimum atomic E-state index is -0.722. The Bertz CT molecular complexity index is 717. The Labute approximate surface area is 126 Å². The smallest absolute Gasteiger partial charge is 0.349 e. The molecule has 2 heterocycles. The molecule has 1 aromatic heterocycles. The van der Waals surface area contributed by atoms with Crippen molar-refractivity contribution in [3.8, 4) is 16.2 Å². The van der Waals surface area contributed by atoms with Crippen LogP contribution in [0.3, 0.4) is 0 Å². The number of hydrogen-bond acceptors (Lipinski definition) is 5. The number of carbonyl (C=O) groups excluding carboxylic acids is 2. The van der Waals surface area contributed by atoms with Crippen molar-refractivity contribution in [2.75, 3.05) is 0 Å². The number of para-hydroxylation sites is 1. The maximum absolute atomic E-state index is 12.1. The van der Waals surface area contributed by atoms with E-state index in [9.17, 15) is 9.59 Å². The highest BCUT2D eigenvalue weighted by Gasteiger charge is 2.24. The number of Topliss-reactive ketones (excluding diaryl/α,β-unsaturated/α-hetero) is 1. The molecule has 0 fully saturated rings. The molecule has 21 heavy (non-hydrogen) atoms. The number of rotatable bonds is 3. The zero-order chi connectivity index (χ0) is 15.0. The molecule has 0 spiro atoms. The van der Waals surface area contributed by atoms with Gasteiger partial charge in [-0.15, -0.1) is 11.3 Å². The van der Waals surface area contributed by atoms with Crippen LogP contribution < -0.4 is 4.74 Å². The van der Waals surface area contributed by atoms with Crippen molar-refractivity contribution in [2.45, 2.75) is 26.6 Å². The summed E-state index contributed by atoms with van der Waals surface area (Å²) in [6.07, 6.45) is -0.722. The van der Waals surface area contributed by atoms with Gasteiger partial charge in [0.05, 0.1) is 0 Å². The van der Waals surface area contributed by atoms with Crippen molar-refractivity contribution in [3.05, 3.63) is 40.8 Å². The second-order valence-electron chi connectivity index (χ2n) is 4.91. The normalized spacial score (nSPS) is 13.6. The Kier molecular flexibility index (Phi) is 3.51. The molecule has 5 heteroatoms. The van der Waals surface area contributed by atoms with E-state index in [4.69, 9.17) is 9.47 Å². The van der Waals surface area contributed by atoms with Crippen LogP contribution in [0, 0.1) is 0 Å². The molecule has 108 valence electrons. The molecule has 1 aliphatic heterocycles. The predicted molar refractivity (Wildman–Crippen MR) is 79.6 cm³/mol. The van der Waals surface area contributed by atoms with E-state index >= 15 is 0 Å². The van der Waals surface area contributed by atoms with Crippen LogP contribution in [0.15, 0.2) is 30.3 Å². The van der Waals surface area contributed by atoms with E-state index in [1.165, 1.54) is 18.3 Å². The van der Waals surface area contributed by atoms with Gasteiger partial charge in [0.2, 0.25) is 0 Å². The SMILES string of the molecule is CC(=O)[C@@H](C)OC(=O)c1cc2c(s1)-c1ccccc1OC2. The summed E-state index contributed by atoms with van der Waals surface area (Å²) in [6.45, 7) is 3.42. The number of thiophene rings is 1. The van der Waals surface area contributed by atoms with Gasteiger partial charge < -0.3 is 9.47 Å². The largest absolute Gasteiger partial charge is 0.488 e. The molecule has 0 aliphatic carbocycles. The Morgan fingerprint density at radius 1 is 1.33 bits per heavy atom. The first-order valence-electron chi connectivity index (χ1n) is 6.62. The topological polar surface area (TPSA) is 52.6 Å². The van der Waals surface area contributed by atoms with Crippen molar-refractivity contribution in [1.29, 1.82) is 0 Å². The fraction of sp³-hybridized carbons (Fsp3) is 0.250. The van der Waals surface area contributed by atoms with Gasteiger partial charge in [0, 0.05) is 16.0 Å². The summed E-state index contributed by atoms with van der Waals surface area (Å²) in [7, 11) is 0. The van der Waals surface area contributed by atoms with Gasteiger partial charge in [-0.2, -0.15) is 0 Å². The number of esters is 1. The number of ketones is 1. The van der Waals surface area contributed by atoms with Gasteiger partial charge in [-0.3, -0.25) is 4.79 Å². The molecular formula is C16H14O4S. The van der Waals surface area contributed by atoms with E-state index in [2.05, 4.69) is 0 Å². The maximum Gasteiger partial charge on any atom is 0.349 e. The second kappa shape index (κ2) is 5.33. The zero-order valence-corrected chi connectivity index (χ0v) is 12.5. The van der Waals surface area contributed by atoms with Gasteiger partial charge in [0.25, 0.3) is 0 Å². The van der Waals surface area contributed by atoms with Crippen LogP contribution in [0.4, 0.5) is 0 Å². The summed E-state index contributed by atoms with van der Waals surface area (Å²) in [6, 6.07) is 9.52. The Morgan fingerprint density at radius 2 is 2.10 bits per heavy atom. The maximum atomic E-state index is 12.1. The Hall–Kier alpha value is -2.14. The van der Waals surface area contributed by atoms with Crippen LogP contribution in [0.25, 0.3) is 10.4 Å². The van der Waals surface area contributed by atoms with E-state index in [1.54, 1.807) is 13.0 Å². The highest BCUT2D eigenvalue weighted by Crippen LogP contribution is 2.42. The van der Waals surface area contributed by atoms with Crippen molar-refractivity contribution < 1.29 is 19.1 Å². The average Bonchev–Trinajstić information content (AvgIpc) is 2.91. The highest BCUT2D eigenvalue weighted by molar-refractivity contribution is 7.17. The molecule has 0 saturated carbocycles. The average molecular weight is 302 g/mol. The molecular weight excluding hydrogens is 288 g/mol. The summed E-state index contributed by atoms with van der Waals surface area (Å²) in [5.41, 5.74) is 1.96. The monoisotopic (exact) mass is 302 g/mol. The van der Waals surface area contributed by atoms with Gasteiger partial charge in [0.1, 0.15) is 17.2 Å². The Morgan fingerprint density at radius 3 is 2.86 bits per heavy atom. The van der Waals surface area contributed by atoms with Crippen LogP contribution in [0.5, 0.6) is 5.75 Å². The summed E-state index contributed by atoms with van der Waals surface area (Å²) in [4.78, 5) is 24.8. The lowest BCUT2D eigenvalue weighted by Crippen LogP contribution is -2.21. The standard InChI is InChI=1S/C16H14O4S/c1-9(17)10(2)20-16(18)14-7-11-8-19-13-6-4-3-5-12(13)15(11)21-14/h3-7,10H,8H2,1-2H3/t10-/m1/s1. The number of fused-ring (bicyclic) bond motifs is 3. The fourth-order valence-electron chi connectivity index (χ4n) is 2.10. The van der Waals surface area contributed by atoms with Gasteiger partial charge in [-0.1, -0.05) is 12.1 Å². The fourth-order valence-corrected chi connectivity index (χ4v) is 3.18. The van der Waals surface area contributed by atoms with E-state index < -0.39 is 12.1 Å². The number of carbonyl (C=O) groups is 2.